The predicted octanol–water partition coefficient (Wildman–Crippen LogP) is 3.05. The van der Waals surface area contributed by atoms with Gasteiger partial charge in [0.05, 0.1) is 12.2 Å². The molecule has 7 heteroatoms. The van der Waals surface area contributed by atoms with E-state index in [1.54, 1.807) is 51.1 Å². The second-order valence-corrected chi connectivity index (χ2v) is 7.49. The fourth-order valence-corrected chi connectivity index (χ4v) is 2.53. The fourth-order valence-electron chi connectivity index (χ4n) is 2.53. The number of nitrogens with zero attached hydrogens (tertiary/aromatic N) is 3. The van der Waals surface area contributed by atoms with Crippen LogP contribution in [-0.2, 0) is 11.2 Å². The third-order valence-electron chi connectivity index (χ3n) is 3.92. The lowest BCUT2D eigenvalue weighted by atomic mass is 10.1. The van der Waals surface area contributed by atoms with Crippen molar-refractivity contribution in [3.05, 3.63) is 59.4 Å². The maximum absolute atomic E-state index is 12.6. The van der Waals surface area contributed by atoms with Gasteiger partial charge in [0.15, 0.2) is 0 Å². The fraction of sp³-hybridized carbons (Fsp3) is 0.381. The molecule has 0 spiro atoms. The highest BCUT2D eigenvalue weighted by molar-refractivity contribution is 5.68. The molecule has 0 fully saturated rings. The van der Waals surface area contributed by atoms with Gasteiger partial charge in [-0.05, 0) is 57.0 Å². The maximum Gasteiger partial charge on any atom is 0.410 e. The number of nitrogens with two attached hydrogens (primary N) is 1. The van der Waals surface area contributed by atoms with Crippen molar-refractivity contribution in [2.24, 2.45) is 0 Å². The second-order valence-electron chi connectivity index (χ2n) is 7.49. The van der Waals surface area contributed by atoms with Crippen LogP contribution in [0.4, 0.5) is 10.5 Å². The summed E-state index contributed by atoms with van der Waals surface area (Å²) in [5, 5.41) is 19.5. The quantitative estimate of drug-likeness (QED) is 0.743. The van der Waals surface area contributed by atoms with E-state index in [1.165, 1.54) is 4.90 Å². The Labute approximate surface area is 165 Å². The third kappa shape index (κ3) is 6.56. The number of ether oxygens (including phenoxy) is 1. The van der Waals surface area contributed by atoms with Crippen LogP contribution in [0.15, 0.2) is 42.5 Å². The number of rotatable bonds is 6. The van der Waals surface area contributed by atoms with Crippen LogP contribution >= 0.6 is 0 Å². The number of hydrogen-bond donors (Lipinski definition) is 2. The first-order chi connectivity index (χ1) is 13.2. The third-order valence-corrected chi connectivity index (χ3v) is 3.92. The molecule has 1 atom stereocenters. The smallest absolute Gasteiger partial charge is 0.410 e. The number of anilines is 1. The summed E-state index contributed by atoms with van der Waals surface area (Å²) >= 11 is 0. The first-order valence-electron chi connectivity index (χ1n) is 9.05. The summed E-state index contributed by atoms with van der Waals surface area (Å²) in [5.74, 6) is 0. The highest BCUT2D eigenvalue weighted by atomic mass is 16.6. The molecule has 0 aliphatic carbocycles. The van der Waals surface area contributed by atoms with Gasteiger partial charge in [-0.1, -0.05) is 18.2 Å². The van der Waals surface area contributed by atoms with Gasteiger partial charge in [-0.3, -0.25) is 0 Å². The molecule has 0 aliphatic heterocycles. The van der Waals surface area contributed by atoms with Gasteiger partial charge in [-0.2, -0.15) is 5.26 Å². The van der Waals surface area contributed by atoms with Crippen LogP contribution in [0.2, 0.25) is 0 Å². The number of aromatic nitrogens is 1. The summed E-state index contributed by atoms with van der Waals surface area (Å²) in [4.78, 5) is 18.2. The average molecular weight is 382 g/mol. The Bertz CT molecular complexity index is 838. The Hall–Kier alpha value is -3.11. The van der Waals surface area contributed by atoms with Crippen LogP contribution in [0.3, 0.4) is 0 Å². The Balaban J connectivity index is 2.13. The minimum absolute atomic E-state index is 0.00572. The lowest BCUT2D eigenvalue weighted by molar-refractivity contribution is 0.0143. The number of carbonyl (C=O) groups excluding carboxylic acids is 1. The van der Waals surface area contributed by atoms with Crippen molar-refractivity contribution in [2.75, 3.05) is 18.8 Å². The number of pyridine rings is 1. The van der Waals surface area contributed by atoms with Crippen LogP contribution < -0.4 is 5.73 Å². The number of nitriles is 1. The van der Waals surface area contributed by atoms with Crippen molar-refractivity contribution in [3.63, 3.8) is 0 Å². The van der Waals surface area contributed by atoms with Crippen molar-refractivity contribution in [2.45, 2.75) is 38.9 Å². The molecule has 3 N–H and O–H groups in total. The van der Waals surface area contributed by atoms with Crippen LogP contribution in [0, 0.1) is 11.3 Å². The number of hydrogen-bond acceptors (Lipinski definition) is 6. The molecule has 148 valence electrons. The Morgan fingerprint density at radius 2 is 1.96 bits per heavy atom. The van der Waals surface area contributed by atoms with Crippen LogP contribution in [0.5, 0.6) is 0 Å². The molecule has 0 saturated heterocycles. The lowest BCUT2D eigenvalue weighted by Gasteiger charge is -2.29. The second kappa shape index (κ2) is 9.20. The summed E-state index contributed by atoms with van der Waals surface area (Å²) < 4.78 is 5.47. The summed E-state index contributed by atoms with van der Waals surface area (Å²) in [6.45, 7) is 5.73. The first kappa shape index (κ1) is 21.2. The van der Waals surface area contributed by atoms with Gasteiger partial charge in [0, 0.05) is 12.2 Å². The van der Waals surface area contributed by atoms with E-state index >= 15 is 0 Å². The van der Waals surface area contributed by atoms with E-state index in [9.17, 15) is 9.90 Å². The molecule has 7 nitrogen and oxygen atoms in total. The first-order valence-corrected chi connectivity index (χ1v) is 9.05. The van der Waals surface area contributed by atoms with E-state index in [1.807, 2.05) is 18.2 Å². The normalized spacial score (nSPS) is 12.1. The highest BCUT2D eigenvalue weighted by Crippen LogP contribution is 2.17. The van der Waals surface area contributed by atoms with Crippen molar-refractivity contribution < 1.29 is 14.6 Å². The van der Waals surface area contributed by atoms with Gasteiger partial charge in [-0.15, -0.1) is 0 Å². The molecule has 2 aromatic rings. The molecular formula is C21H26N4O3. The number of aliphatic hydroxyl groups is 1. The average Bonchev–Trinajstić information content (AvgIpc) is 2.64. The molecule has 1 aromatic carbocycles. The van der Waals surface area contributed by atoms with E-state index in [4.69, 9.17) is 15.7 Å². The number of amides is 1. The predicted molar refractivity (Wildman–Crippen MR) is 106 cm³/mol. The number of carbonyl (C=O) groups is 1. The van der Waals surface area contributed by atoms with E-state index in [0.29, 0.717) is 24.3 Å². The molecule has 2 rings (SSSR count). The van der Waals surface area contributed by atoms with Gasteiger partial charge < -0.3 is 20.5 Å². The Morgan fingerprint density at radius 3 is 2.57 bits per heavy atom. The molecule has 1 unspecified atom stereocenters. The van der Waals surface area contributed by atoms with E-state index in [2.05, 4.69) is 4.98 Å². The molecule has 0 saturated carbocycles. The molecular weight excluding hydrogens is 356 g/mol. The zero-order valence-corrected chi connectivity index (χ0v) is 16.4. The van der Waals surface area contributed by atoms with Crippen molar-refractivity contribution in [3.8, 4) is 6.07 Å². The maximum atomic E-state index is 12.6. The monoisotopic (exact) mass is 382 g/mol. The Morgan fingerprint density at radius 1 is 1.29 bits per heavy atom. The van der Waals surface area contributed by atoms with Crippen LogP contribution in [0.1, 0.15) is 43.8 Å². The van der Waals surface area contributed by atoms with E-state index in [-0.39, 0.29) is 12.2 Å². The number of benzene rings is 1. The van der Waals surface area contributed by atoms with E-state index < -0.39 is 17.8 Å². The number of nitrogen functional groups attached to an aromatic ring is 1. The van der Waals surface area contributed by atoms with Crippen molar-refractivity contribution in [1.29, 1.82) is 5.26 Å². The van der Waals surface area contributed by atoms with E-state index in [0.717, 1.165) is 5.56 Å². The minimum atomic E-state index is -1.03. The van der Waals surface area contributed by atoms with Crippen molar-refractivity contribution >= 4 is 11.8 Å². The molecule has 1 amide bonds. The minimum Gasteiger partial charge on any atom is -0.444 e. The summed E-state index contributed by atoms with van der Waals surface area (Å²) in [7, 11) is 0. The standard InChI is InChI=1S/C21H26N4O3/c1-21(2,3)28-20(27)25(12-11-15-7-9-16(23)10-8-15)14-19(26)18-6-4-5-17(13-22)24-18/h4-10,19,26H,11-12,14,23H2,1-3H3. The van der Waals surface area contributed by atoms with Crippen LogP contribution in [0.25, 0.3) is 0 Å². The van der Waals surface area contributed by atoms with Gasteiger partial charge in [-0.25, -0.2) is 9.78 Å². The summed E-state index contributed by atoms with van der Waals surface area (Å²) in [6, 6.07) is 14.2. The lowest BCUT2D eigenvalue weighted by Crippen LogP contribution is -2.40. The molecule has 0 aliphatic rings. The van der Waals surface area contributed by atoms with Crippen LogP contribution in [-0.4, -0.2) is 39.8 Å². The summed E-state index contributed by atoms with van der Waals surface area (Å²) in [5.41, 5.74) is 7.29. The SMILES string of the molecule is CC(C)(C)OC(=O)N(CCc1ccc(N)cc1)CC(O)c1cccc(C#N)n1. The largest absolute Gasteiger partial charge is 0.444 e. The molecule has 1 aromatic heterocycles. The molecule has 28 heavy (non-hydrogen) atoms. The topological polar surface area (TPSA) is 112 Å². The van der Waals surface area contributed by atoms with Gasteiger partial charge in [0.1, 0.15) is 23.5 Å². The van der Waals surface area contributed by atoms with Gasteiger partial charge >= 0.3 is 6.09 Å². The molecule has 0 radical (unpaired) electrons. The zero-order valence-electron chi connectivity index (χ0n) is 16.4. The van der Waals surface area contributed by atoms with Crippen molar-refractivity contribution in [1.82, 2.24) is 9.88 Å². The highest BCUT2D eigenvalue weighted by Gasteiger charge is 2.25. The Kier molecular flexibility index (Phi) is 6.96. The number of aliphatic hydroxyl groups excluding tert-OH is 1. The zero-order chi connectivity index (χ0) is 20.7. The molecule has 1 heterocycles. The summed E-state index contributed by atoms with van der Waals surface area (Å²) in [6.07, 6.45) is -0.969. The molecule has 0 bridgehead atoms. The van der Waals surface area contributed by atoms with Gasteiger partial charge in [0.2, 0.25) is 0 Å². The van der Waals surface area contributed by atoms with Gasteiger partial charge in [0.25, 0.3) is 0 Å².